The number of ether oxygens (including phenoxy) is 1. The van der Waals surface area contributed by atoms with Crippen LogP contribution in [0.3, 0.4) is 0 Å². The number of benzene rings is 1. The van der Waals surface area contributed by atoms with Crippen LogP contribution in [0.5, 0.6) is 0 Å². The zero-order chi connectivity index (χ0) is 14.8. The molecule has 0 fully saturated rings. The van der Waals surface area contributed by atoms with Crippen molar-refractivity contribution in [3.05, 3.63) is 29.6 Å². The Kier molecular flexibility index (Phi) is 7.33. The van der Waals surface area contributed by atoms with Crippen molar-refractivity contribution in [2.75, 3.05) is 25.1 Å². The summed E-state index contributed by atoms with van der Waals surface area (Å²) in [5.74, 6) is 4.49. The van der Waals surface area contributed by atoms with E-state index in [-0.39, 0.29) is 31.1 Å². The van der Waals surface area contributed by atoms with Crippen molar-refractivity contribution in [2.24, 2.45) is 0 Å². The highest BCUT2D eigenvalue weighted by Gasteiger charge is 2.05. The quantitative estimate of drug-likeness (QED) is 0.618. The number of aliphatic hydroxyl groups is 1. The minimum atomic E-state index is -0.462. The van der Waals surface area contributed by atoms with Crippen LogP contribution in [-0.4, -0.2) is 30.8 Å². The number of hydrogen-bond acceptors (Lipinski definition) is 3. The maximum atomic E-state index is 13.5. The van der Waals surface area contributed by atoms with Gasteiger partial charge in [0, 0.05) is 18.7 Å². The second kappa shape index (κ2) is 9.08. The van der Waals surface area contributed by atoms with E-state index in [9.17, 15) is 9.18 Å². The maximum Gasteiger partial charge on any atom is 0.250 e. The summed E-state index contributed by atoms with van der Waals surface area (Å²) in [4.78, 5) is 11.5. The number of carbonyl (C=O) groups excluding carboxylic acids is 1. The van der Waals surface area contributed by atoms with E-state index >= 15 is 0 Å². The van der Waals surface area contributed by atoms with Gasteiger partial charge in [0.1, 0.15) is 12.4 Å². The summed E-state index contributed by atoms with van der Waals surface area (Å²) in [6.07, 6.45) is 1.12. The Morgan fingerprint density at radius 1 is 1.50 bits per heavy atom. The SMILES string of the molecule is CCCOCC(=O)Nc1ccc(F)c(C#CCCO)c1. The molecule has 1 aromatic carbocycles. The third kappa shape index (κ3) is 5.83. The smallest absolute Gasteiger partial charge is 0.250 e. The number of nitrogens with one attached hydrogen (secondary N) is 1. The molecular weight excluding hydrogens is 261 g/mol. The molecule has 20 heavy (non-hydrogen) atoms. The van der Waals surface area contributed by atoms with Crippen LogP contribution in [0.4, 0.5) is 10.1 Å². The van der Waals surface area contributed by atoms with E-state index in [0.717, 1.165) is 6.42 Å². The molecule has 1 aromatic rings. The van der Waals surface area contributed by atoms with E-state index in [1.807, 2.05) is 6.92 Å². The molecule has 0 heterocycles. The predicted molar refractivity (Wildman–Crippen MR) is 74.7 cm³/mol. The van der Waals surface area contributed by atoms with Gasteiger partial charge in [-0.2, -0.15) is 0 Å². The molecule has 0 aliphatic rings. The molecule has 1 amide bonds. The Morgan fingerprint density at radius 2 is 2.30 bits per heavy atom. The van der Waals surface area contributed by atoms with Crippen LogP contribution in [-0.2, 0) is 9.53 Å². The highest BCUT2D eigenvalue weighted by molar-refractivity contribution is 5.91. The number of amides is 1. The minimum absolute atomic E-state index is 0.0310. The van der Waals surface area contributed by atoms with Crippen LogP contribution in [0.15, 0.2) is 18.2 Å². The number of halogens is 1. The van der Waals surface area contributed by atoms with Gasteiger partial charge < -0.3 is 15.2 Å². The fourth-order valence-corrected chi connectivity index (χ4v) is 1.42. The normalized spacial score (nSPS) is 9.75. The molecule has 0 saturated heterocycles. The van der Waals surface area contributed by atoms with Gasteiger partial charge in [0.25, 0.3) is 0 Å². The van der Waals surface area contributed by atoms with Gasteiger partial charge in [-0.05, 0) is 24.6 Å². The first-order chi connectivity index (χ1) is 9.67. The summed E-state index contributed by atoms with van der Waals surface area (Å²) in [5.41, 5.74) is 0.649. The highest BCUT2D eigenvalue weighted by Crippen LogP contribution is 2.14. The summed E-state index contributed by atoms with van der Waals surface area (Å²) in [6.45, 7) is 2.38. The van der Waals surface area contributed by atoms with Crippen LogP contribution < -0.4 is 5.32 Å². The van der Waals surface area contributed by atoms with Crippen molar-refractivity contribution in [2.45, 2.75) is 19.8 Å². The molecule has 0 radical (unpaired) electrons. The lowest BCUT2D eigenvalue weighted by atomic mass is 10.2. The van der Waals surface area contributed by atoms with Crippen molar-refractivity contribution < 1.29 is 19.0 Å². The Morgan fingerprint density at radius 3 is 3.00 bits per heavy atom. The lowest BCUT2D eigenvalue weighted by molar-refractivity contribution is -0.120. The van der Waals surface area contributed by atoms with Gasteiger partial charge >= 0.3 is 0 Å². The molecule has 0 spiro atoms. The number of anilines is 1. The zero-order valence-corrected chi connectivity index (χ0v) is 11.4. The van der Waals surface area contributed by atoms with E-state index in [1.54, 1.807) is 0 Å². The Bertz CT molecular complexity index is 506. The second-order valence-corrected chi connectivity index (χ2v) is 4.07. The fourth-order valence-electron chi connectivity index (χ4n) is 1.42. The van der Waals surface area contributed by atoms with Gasteiger partial charge in [0.15, 0.2) is 0 Å². The molecule has 0 atom stereocenters. The predicted octanol–water partition coefficient (Wildman–Crippen LogP) is 1.92. The molecule has 2 N–H and O–H groups in total. The van der Waals surface area contributed by atoms with Crippen LogP contribution >= 0.6 is 0 Å². The van der Waals surface area contributed by atoms with Gasteiger partial charge in [-0.1, -0.05) is 18.8 Å². The maximum absolute atomic E-state index is 13.5. The number of aliphatic hydroxyl groups excluding tert-OH is 1. The molecule has 0 saturated carbocycles. The lowest BCUT2D eigenvalue weighted by Gasteiger charge is -2.06. The standard InChI is InChI=1S/C15H18FNO3/c1-2-9-20-11-15(19)17-13-6-7-14(16)12(10-13)5-3-4-8-18/h6-7,10,18H,2,4,8-9,11H2,1H3,(H,17,19). The highest BCUT2D eigenvalue weighted by atomic mass is 19.1. The average Bonchev–Trinajstić information content (AvgIpc) is 2.43. The Hall–Kier alpha value is -1.90. The van der Waals surface area contributed by atoms with Crippen molar-refractivity contribution in [3.8, 4) is 11.8 Å². The van der Waals surface area contributed by atoms with Crippen LogP contribution in [0.2, 0.25) is 0 Å². The molecule has 0 aliphatic carbocycles. The second-order valence-electron chi connectivity index (χ2n) is 4.07. The van der Waals surface area contributed by atoms with Gasteiger partial charge in [0.2, 0.25) is 5.91 Å². The third-order valence-electron chi connectivity index (χ3n) is 2.29. The van der Waals surface area contributed by atoms with Crippen LogP contribution in [0.25, 0.3) is 0 Å². The summed E-state index contributed by atoms with van der Waals surface area (Å²) in [7, 11) is 0. The molecule has 4 nitrogen and oxygen atoms in total. The number of carbonyl (C=O) groups is 1. The first kappa shape index (κ1) is 16.2. The molecular formula is C15H18FNO3. The van der Waals surface area contributed by atoms with Gasteiger partial charge in [-0.3, -0.25) is 4.79 Å². The van der Waals surface area contributed by atoms with E-state index < -0.39 is 5.82 Å². The first-order valence-electron chi connectivity index (χ1n) is 6.44. The summed E-state index contributed by atoms with van der Waals surface area (Å²) < 4.78 is 18.6. The van der Waals surface area contributed by atoms with Crippen LogP contribution in [0.1, 0.15) is 25.3 Å². The van der Waals surface area contributed by atoms with Crippen molar-refractivity contribution >= 4 is 11.6 Å². The molecule has 1 rings (SSSR count). The molecule has 108 valence electrons. The summed E-state index contributed by atoms with van der Waals surface area (Å²) >= 11 is 0. The van der Waals surface area contributed by atoms with E-state index in [4.69, 9.17) is 9.84 Å². The Labute approximate surface area is 117 Å². The zero-order valence-electron chi connectivity index (χ0n) is 11.4. The van der Waals surface area contributed by atoms with Gasteiger partial charge in [0.05, 0.1) is 12.2 Å². The summed E-state index contributed by atoms with van der Waals surface area (Å²) in [6, 6.07) is 4.16. The molecule has 5 heteroatoms. The van der Waals surface area contributed by atoms with Gasteiger partial charge in [-0.15, -0.1) is 0 Å². The monoisotopic (exact) mass is 279 g/mol. The number of hydrogen-bond donors (Lipinski definition) is 2. The molecule has 0 aromatic heterocycles. The van der Waals surface area contributed by atoms with Crippen molar-refractivity contribution in [1.82, 2.24) is 0 Å². The van der Waals surface area contributed by atoms with E-state index in [1.165, 1.54) is 18.2 Å². The van der Waals surface area contributed by atoms with Crippen LogP contribution in [0, 0.1) is 17.7 Å². The van der Waals surface area contributed by atoms with Crippen molar-refractivity contribution in [3.63, 3.8) is 0 Å². The Balaban J connectivity index is 2.65. The molecule has 0 aliphatic heterocycles. The minimum Gasteiger partial charge on any atom is -0.395 e. The van der Waals surface area contributed by atoms with Crippen molar-refractivity contribution in [1.29, 1.82) is 0 Å². The van der Waals surface area contributed by atoms with E-state index in [0.29, 0.717) is 12.3 Å². The van der Waals surface area contributed by atoms with Gasteiger partial charge in [-0.25, -0.2) is 4.39 Å². The third-order valence-corrected chi connectivity index (χ3v) is 2.29. The summed E-state index contributed by atoms with van der Waals surface area (Å²) in [5, 5.41) is 11.2. The topological polar surface area (TPSA) is 58.6 Å². The molecule has 0 bridgehead atoms. The largest absolute Gasteiger partial charge is 0.395 e. The lowest BCUT2D eigenvalue weighted by Crippen LogP contribution is -2.18. The average molecular weight is 279 g/mol. The first-order valence-corrected chi connectivity index (χ1v) is 6.44. The molecule has 0 unspecified atom stereocenters. The number of rotatable bonds is 6. The van der Waals surface area contributed by atoms with E-state index in [2.05, 4.69) is 17.2 Å². The fraction of sp³-hybridized carbons (Fsp3) is 0.400.